The molecule has 0 aromatic heterocycles. The molecule has 0 fully saturated rings. The summed E-state index contributed by atoms with van der Waals surface area (Å²) in [5, 5.41) is 11.5. The molecule has 0 aliphatic carbocycles. The van der Waals surface area contributed by atoms with Crippen LogP contribution in [0.1, 0.15) is 5.56 Å². The minimum Gasteiger partial charge on any atom is -0.453 e. The predicted molar refractivity (Wildman–Crippen MR) is 81.4 cm³/mol. The van der Waals surface area contributed by atoms with Crippen LogP contribution >= 0.6 is 11.6 Å². The van der Waals surface area contributed by atoms with Gasteiger partial charge in [0.1, 0.15) is 5.75 Å². The van der Waals surface area contributed by atoms with E-state index in [0.717, 1.165) is 10.8 Å². The summed E-state index contributed by atoms with van der Waals surface area (Å²) < 4.78 is 19.6. The minimum absolute atomic E-state index is 0.0347. The van der Waals surface area contributed by atoms with Crippen molar-refractivity contribution in [3.63, 3.8) is 0 Å². The molecule has 0 aliphatic rings. The van der Waals surface area contributed by atoms with E-state index in [0.29, 0.717) is 16.3 Å². The second-order valence-electron chi connectivity index (χ2n) is 4.58. The van der Waals surface area contributed by atoms with Gasteiger partial charge in [-0.2, -0.15) is 0 Å². The number of hydrogen-bond donors (Lipinski definition) is 1. The van der Waals surface area contributed by atoms with Crippen molar-refractivity contribution < 1.29 is 14.2 Å². The molecule has 3 aromatic carbocycles. The number of fused-ring (bicyclic) bond motifs is 1. The van der Waals surface area contributed by atoms with Crippen LogP contribution in [0, 0.1) is 5.82 Å². The molecule has 0 amide bonds. The molecule has 106 valence electrons. The predicted octanol–water partition coefficient (Wildman–Crippen LogP) is 4.92. The van der Waals surface area contributed by atoms with E-state index in [1.54, 1.807) is 18.2 Å². The van der Waals surface area contributed by atoms with E-state index in [2.05, 4.69) is 0 Å². The molecule has 3 aromatic rings. The highest BCUT2D eigenvalue weighted by Crippen LogP contribution is 2.36. The van der Waals surface area contributed by atoms with Crippen LogP contribution in [0.15, 0.2) is 54.6 Å². The van der Waals surface area contributed by atoms with Crippen molar-refractivity contribution in [1.29, 1.82) is 0 Å². The van der Waals surface area contributed by atoms with Crippen molar-refractivity contribution in [2.24, 2.45) is 0 Å². The van der Waals surface area contributed by atoms with E-state index in [1.807, 2.05) is 24.3 Å². The summed E-state index contributed by atoms with van der Waals surface area (Å²) in [7, 11) is 0. The Labute approximate surface area is 126 Å². The lowest BCUT2D eigenvalue weighted by Gasteiger charge is -2.13. The number of halogens is 2. The van der Waals surface area contributed by atoms with Gasteiger partial charge in [-0.1, -0.05) is 48.0 Å². The molecule has 0 heterocycles. The highest BCUT2D eigenvalue weighted by Gasteiger charge is 2.13. The molecule has 0 unspecified atom stereocenters. The molecular weight excluding hydrogens is 291 g/mol. The number of para-hydroxylation sites is 1. The Morgan fingerprint density at radius 3 is 2.48 bits per heavy atom. The zero-order chi connectivity index (χ0) is 14.8. The Hall–Kier alpha value is -2.10. The van der Waals surface area contributed by atoms with Crippen molar-refractivity contribution in [2.75, 3.05) is 0 Å². The SMILES string of the molecule is OCc1cccc(F)c1Oc1ccc(Cl)c2ccccc12. The van der Waals surface area contributed by atoms with Crippen LogP contribution in [0.5, 0.6) is 11.5 Å². The Balaban J connectivity index is 2.13. The zero-order valence-electron chi connectivity index (χ0n) is 11.0. The van der Waals surface area contributed by atoms with Crippen LogP contribution in [-0.4, -0.2) is 5.11 Å². The first-order chi connectivity index (χ1) is 10.2. The number of benzene rings is 3. The monoisotopic (exact) mass is 302 g/mol. The van der Waals surface area contributed by atoms with Crippen LogP contribution in [0.4, 0.5) is 4.39 Å². The summed E-state index contributed by atoms with van der Waals surface area (Å²) in [4.78, 5) is 0. The summed E-state index contributed by atoms with van der Waals surface area (Å²) in [6.45, 7) is -0.293. The van der Waals surface area contributed by atoms with Crippen LogP contribution in [0.25, 0.3) is 10.8 Å². The van der Waals surface area contributed by atoms with Gasteiger partial charge in [0, 0.05) is 21.4 Å². The average Bonchev–Trinajstić information content (AvgIpc) is 2.52. The third-order valence-corrected chi connectivity index (χ3v) is 3.59. The maximum Gasteiger partial charge on any atom is 0.168 e. The number of ether oxygens (including phenoxy) is 1. The van der Waals surface area contributed by atoms with Gasteiger partial charge in [-0.05, 0) is 18.2 Å². The van der Waals surface area contributed by atoms with Crippen molar-refractivity contribution in [1.82, 2.24) is 0 Å². The second kappa shape index (κ2) is 5.72. The molecule has 4 heteroatoms. The van der Waals surface area contributed by atoms with Crippen molar-refractivity contribution in [2.45, 2.75) is 6.61 Å². The average molecular weight is 303 g/mol. The van der Waals surface area contributed by atoms with E-state index >= 15 is 0 Å². The van der Waals surface area contributed by atoms with E-state index in [4.69, 9.17) is 16.3 Å². The molecule has 0 saturated carbocycles. The van der Waals surface area contributed by atoms with Gasteiger partial charge < -0.3 is 9.84 Å². The quantitative estimate of drug-likeness (QED) is 0.744. The first kappa shape index (κ1) is 13.9. The molecule has 0 aliphatic heterocycles. The van der Waals surface area contributed by atoms with Crippen LogP contribution < -0.4 is 4.74 Å². The smallest absolute Gasteiger partial charge is 0.168 e. The summed E-state index contributed by atoms with van der Waals surface area (Å²) in [5.74, 6) is 0.0165. The Morgan fingerprint density at radius 2 is 1.71 bits per heavy atom. The van der Waals surface area contributed by atoms with Crippen LogP contribution in [-0.2, 0) is 6.61 Å². The van der Waals surface area contributed by atoms with E-state index in [-0.39, 0.29) is 12.4 Å². The Morgan fingerprint density at radius 1 is 0.952 bits per heavy atom. The molecule has 1 N–H and O–H groups in total. The van der Waals surface area contributed by atoms with Crippen LogP contribution in [0.2, 0.25) is 5.02 Å². The summed E-state index contributed by atoms with van der Waals surface area (Å²) in [5.41, 5.74) is 0.397. The van der Waals surface area contributed by atoms with Crippen molar-refractivity contribution >= 4 is 22.4 Å². The fraction of sp³-hybridized carbons (Fsp3) is 0.0588. The summed E-state index contributed by atoms with van der Waals surface area (Å²) in [6.07, 6.45) is 0. The molecule has 0 radical (unpaired) electrons. The molecule has 0 saturated heterocycles. The largest absolute Gasteiger partial charge is 0.453 e. The van der Waals surface area contributed by atoms with Gasteiger partial charge in [-0.3, -0.25) is 0 Å². The summed E-state index contributed by atoms with van der Waals surface area (Å²) >= 11 is 6.15. The molecule has 2 nitrogen and oxygen atoms in total. The topological polar surface area (TPSA) is 29.5 Å². The summed E-state index contributed by atoms with van der Waals surface area (Å²) in [6, 6.07) is 15.3. The van der Waals surface area contributed by atoms with E-state index < -0.39 is 5.82 Å². The van der Waals surface area contributed by atoms with Gasteiger partial charge in [0.25, 0.3) is 0 Å². The maximum atomic E-state index is 13.9. The lowest BCUT2D eigenvalue weighted by atomic mass is 10.1. The van der Waals surface area contributed by atoms with Crippen molar-refractivity contribution in [3.05, 3.63) is 71.0 Å². The van der Waals surface area contributed by atoms with Gasteiger partial charge in [0.05, 0.1) is 6.61 Å². The second-order valence-corrected chi connectivity index (χ2v) is 4.99. The third kappa shape index (κ3) is 2.58. The molecule has 3 rings (SSSR count). The number of aliphatic hydroxyl groups is 1. The maximum absolute atomic E-state index is 13.9. The lowest BCUT2D eigenvalue weighted by Crippen LogP contribution is -1.95. The first-order valence-electron chi connectivity index (χ1n) is 6.44. The van der Waals surface area contributed by atoms with Gasteiger partial charge in [-0.15, -0.1) is 0 Å². The normalized spacial score (nSPS) is 10.8. The zero-order valence-corrected chi connectivity index (χ0v) is 11.8. The molecule has 0 bridgehead atoms. The van der Waals surface area contributed by atoms with Crippen LogP contribution in [0.3, 0.4) is 0 Å². The Bertz CT molecular complexity index is 802. The lowest BCUT2D eigenvalue weighted by molar-refractivity contribution is 0.274. The van der Waals surface area contributed by atoms with Gasteiger partial charge in [0.15, 0.2) is 11.6 Å². The highest BCUT2D eigenvalue weighted by molar-refractivity contribution is 6.35. The Kier molecular flexibility index (Phi) is 3.78. The third-order valence-electron chi connectivity index (χ3n) is 3.26. The van der Waals surface area contributed by atoms with Crippen molar-refractivity contribution in [3.8, 4) is 11.5 Å². The molecular formula is C17H12ClFO2. The molecule has 0 atom stereocenters. The number of hydrogen-bond acceptors (Lipinski definition) is 2. The molecule has 21 heavy (non-hydrogen) atoms. The van der Waals surface area contributed by atoms with E-state index in [9.17, 15) is 9.50 Å². The van der Waals surface area contributed by atoms with E-state index in [1.165, 1.54) is 12.1 Å². The first-order valence-corrected chi connectivity index (χ1v) is 6.82. The fourth-order valence-electron chi connectivity index (χ4n) is 2.23. The fourth-order valence-corrected chi connectivity index (χ4v) is 2.45. The highest BCUT2D eigenvalue weighted by atomic mass is 35.5. The van der Waals surface area contributed by atoms with Gasteiger partial charge in [0.2, 0.25) is 0 Å². The van der Waals surface area contributed by atoms with Gasteiger partial charge in [-0.25, -0.2) is 4.39 Å². The number of aliphatic hydroxyl groups excluding tert-OH is 1. The number of rotatable bonds is 3. The minimum atomic E-state index is -0.513. The van der Waals surface area contributed by atoms with Gasteiger partial charge >= 0.3 is 0 Å². The molecule has 0 spiro atoms. The standard InChI is InChI=1S/C17H12ClFO2/c18-14-8-9-16(13-6-2-1-5-12(13)14)21-17-11(10-20)4-3-7-15(17)19/h1-9,20H,10H2.